The van der Waals surface area contributed by atoms with Crippen LogP contribution in [-0.2, 0) is 16.0 Å². The third-order valence-corrected chi connectivity index (χ3v) is 9.08. The van der Waals surface area contributed by atoms with Gasteiger partial charge in [-0.25, -0.2) is 4.79 Å². The second-order valence-corrected chi connectivity index (χ2v) is 14.0. The predicted octanol–water partition coefficient (Wildman–Crippen LogP) is 10.2. The van der Waals surface area contributed by atoms with Gasteiger partial charge in [-0.05, 0) is 108 Å². The number of fused-ring (bicyclic) bond motifs is 1. The number of hydrogen-bond donors (Lipinski definition) is 1. The summed E-state index contributed by atoms with van der Waals surface area (Å²) in [5.74, 6) is 3.55. The highest BCUT2D eigenvalue weighted by atomic mass is 16.5. The molecule has 1 heterocycles. The van der Waals surface area contributed by atoms with Gasteiger partial charge in [0.1, 0.15) is 17.3 Å². The molecule has 0 saturated heterocycles. The van der Waals surface area contributed by atoms with Crippen molar-refractivity contribution in [3.05, 3.63) is 45.7 Å². The van der Waals surface area contributed by atoms with E-state index in [2.05, 4.69) is 33.8 Å². The van der Waals surface area contributed by atoms with Crippen molar-refractivity contribution >= 4 is 11.9 Å². The standard InChI is InChI=1S/C37H58O5/c1-24(2)14-11-15-25(3)16-12-17-26(4)18-13-19-31-20-21-32-30(8)33(28(6)29(7)34(32)41-31)42-35(38)27(5)22-23-37(9,10)36(39)40/h19,22,24-26H,11-18,20-21,23H2,1-10H3,(H,39,40)/b27-22+,31-19+. The Morgan fingerprint density at radius 2 is 1.50 bits per heavy atom. The fourth-order valence-electron chi connectivity index (χ4n) is 5.58. The smallest absolute Gasteiger partial charge is 0.338 e. The zero-order valence-electron chi connectivity index (χ0n) is 28.2. The number of carbonyl (C=O) groups is 2. The molecule has 1 aliphatic heterocycles. The Labute approximate surface area is 256 Å². The summed E-state index contributed by atoms with van der Waals surface area (Å²) in [6, 6.07) is 0. The van der Waals surface area contributed by atoms with Gasteiger partial charge >= 0.3 is 11.9 Å². The Bertz CT molecular complexity index is 1140. The molecule has 0 aliphatic carbocycles. The van der Waals surface area contributed by atoms with Crippen LogP contribution in [0.25, 0.3) is 0 Å². The number of rotatable bonds is 16. The highest BCUT2D eigenvalue weighted by Gasteiger charge is 2.28. The fourth-order valence-corrected chi connectivity index (χ4v) is 5.58. The van der Waals surface area contributed by atoms with Gasteiger partial charge in [-0.1, -0.05) is 72.3 Å². The maximum Gasteiger partial charge on any atom is 0.338 e. The Kier molecular flexibility index (Phi) is 13.9. The van der Waals surface area contributed by atoms with Crippen LogP contribution in [0.4, 0.5) is 0 Å². The van der Waals surface area contributed by atoms with Crippen LogP contribution in [0, 0.1) is 43.9 Å². The van der Waals surface area contributed by atoms with Gasteiger partial charge in [-0.3, -0.25) is 4.79 Å². The van der Waals surface area contributed by atoms with E-state index in [-0.39, 0.29) is 6.42 Å². The maximum atomic E-state index is 12.9. The predicted molar refractivity (Wildman–Crippen MR) is 173 cm³/mol. The number of carboxylic acids is 1. The summed E-state index contributed by atoms with van der Waals surface area (Å²) in [4.78, 5) is 24.3. The van der Waals surface area contributed by atoms with Crippen LogP contribution < -0.4 is 9.47 Å². The molecule has 1 aliphatic rings. The van der Waals surface area contributed by atoms with E-state index in [1.807, 2.05) is 20.8 Å². The normalized spacial score (nSPS) is 16.3. The number of benzene rings is 1. The van der Waals surface area contributed by atoms with Crippen LogP contribution in [0.1, 0.15) is 135 Å². The summed E-state index contributed by atoms with van der Waals surface area (Å²) >= 11 is 0. The summed E-state index contributed by atoms with van der Waals surface area (Å²) in [6.45, 7) is 20.4. The number of carbonyl (C=O) groups excluding carboxylic acids is 1. The number of aliphatic carboxylic acids is 1. The van der Waals surface area contributed by atoms with E-state index in [9.17, 15) is 14.7 Å². The molecule has 0 spiro atoms. The van der Waals surface area contributed by atoms with Crippen molar-refractivity contribution < 1.29 is 24.2 Å². The molecule has 5 nitrogen and oxygen atoms in total. The van der Waals surface area contributed by atoms with Gasteiger partial charge in [0.25, 0.3) is 0 Å². The number of allylic oxidation sites excluding steroid dienone is 3. The van der Waals surface area contributed by atoms with E-state index in [0.29, 0.717) is 11.3 Å². The van der Waals surface area contributed by atoms with Gasteiger partial charge in [-0.15, -0.1) is 0 Å². The minimum Gasteiger partial charge on any atom is -0.481 e. The molecule has 42 heavy (non-hydrogen) atoms. The molecule has 0 aromatic heterocycles. The average molecular weight is 583 g/mol. The zero-order valence-corrected chi connectivity index (χ0v) is 28.2. The molecule has 5 heteroatoms. The summed E-state index contributed by atoms with van der Waals surface area (Å²) < 4.78 is 12.3. The minimum absolute atomic E-state index is 0.254. The monoisotopic (exact) mass is 582 g/mol. The van der Waals surface area contributed by atoms with Crippen molar-refractivity contribution in [3.63, 3.8) is 0 Å². The summed E-state index contributed by atoms with van der Waals surface area (Å²) in [6.07, 6.45) is 16.1. The lowest BCUT2D eigenvalue weighted by atomic mass is 9.89. The van der Waals surface area contributed by atoms with E-state index in [0.717, 1.165) is 70.8 Å². The topological polar surface area (TPSA) is 72.8 Å². The van der Waals surface area contributed by atoms with Crippen molar-refractivity contribution in [1.82, 2.24) is 0 Å². The highest BCUT2D eigenvalue weighted by Crippen LogP contribution is 2.42. The molecule has 2 rings (SSSR count). The quantitative estimate of drug-likeness (QED) is 0.119. The van der Waals surface area contributed by atoms with Crippen LogP contribution in [0.2, 0.25) is 0 Å². The molecular weight excluding hydrogens is 524 g/mol. The van der Waals surface area contributed by atoms with Gasteiger partial charge in [0, 0.05) is 17.6 Å². The van der Waals surface area contributed by atoms with E-state index in [4.69, 9.17) is 9.47 Å². The molecule has 0 radical (unpaired) electrons. The number of carboxylic acid groups (broad SMARTS) is 1. The van der Waals surface area contributed by atoms with Gasteiger partial charge in [-0.2, -0.15) is 0 Å². The SMILES string of the molecule is C/C(=C\CC(C)(C)C(=O)O)C(=O)Oc1c(C)c(C)c2c(c1C)CC/C(=C\CCC(C)CCCC(C)CCCC(C)C)O2. The second kappa shape index (κ2) is 16.3. The molecule has 1 N–H and O–H groups in total. The van der Waals surface area contributed by atoms with Crippen LogP contribution in [0.5, 0.6) is 11.5 Å². The van der Waals surface area contributed by atoms with Gasteiger partial charge < -0.3 is 14.6 Å². The van der Waals surface area contributed by atoms with E-state index in [1.165, 1.54) is 44.9 Å². The van der Waals surface area contributed by atoms with Crippen molar-refractivity contribution in [1.29, 1.82) is 0 Å². The Hall–Kier alpha value is -2.56. The molecule has 2 unspecified atom stereocenters. The fraction of sp³-hybridized carbons (Fsp3) is 0.676. The second-order valence-electron chi connectivity index (χ2n) is 14.0. The zero-order chi connectivity index (χ0) is 31.6. The Balaban J connectivity index is 1.95. The lowest BCUT2D eigenvalue weighted by molar-refractivity contribution is -0.146. The Morgan fingerprint density at radius 1 is 0.905 bits per heavy atom. The summed E-state index contributed by atoms with van der Waals surface area (Å²) in [5, 5.41) is 9.35. The molecule has 2 atom stereocenters. The van der Waals surface area contributed by atoms with Crippen LogP contribution in [0.15, 0.2) is 23.5 Å². The molecule has 236 valence electrons. The van der Waals surface area contributed by atoms with E-state index in [1.54, 1.807) is 26.8 Å². The largest absolute Gasteiger partial charge is 0.481 e. The number of ether oxygens (including phenoxy) is 2. The van der Waals surface area contributed by atoms with Crippen molar-refractivity contribution in [2.45, 2.75) is 140 Å². The molecule has 0 amide bonds. The molecule has 1 aromatic carbocycles. The lowest BCUT2D eigenvalue weighted by Crippen LogP contribution is -2.23. The number of esters is 1. The Morgan fingerprint density at radius 3 is 2.10 bits per heavy atom. The van der Waals surface area contributed by atoms with Gasteiger partial charge in [0.05, 0.1) is 5.41 Å². The molecule has 0 fully saturated rings. The van der Waals surface area contributed by atoms with Crippen molar-refractivity contribution in [2.24, 2.45) is 23.2 Å². The lowest BCUT2D eigenvalue weighted by Gasteiger charge is -2.26. The first-order valence-corrected chi connectivity index (χ1v) is 16.3. The first-order valence-electron chi connectivity index (χ1n) is 16.3. The third-order valence-electron chi connectivity index (χ3n) is 9.08. The van der Waals surface area contributed by atoms with Crippen LogP contribution in [-0.4, -0.2) is 17.0 Å². The molecule has 1 aromatic rings. The summed E-state index contributed by atoms with van der Waals surface area (Å²) in [7, 11) is 0. The first-order chi connectivity index (χ1) is 19.6. The van der Waals surface area contributed by atoms with Crippen LogP contribution in [0.3, 0.4) is 0 Å². The van der Waals surface area contributed by atoms with E-state index >= 15 is 0 Å². The number of hydrogen-bond acceptors (Lipinski definition) is 4. The van der Waals surface area contributed by atoms with Gasteiger partial charge in [0.15, 0.2) is 0 Å². The van der Waals surface area contributed by atoms with E-state index < -0.39 is 17.4 Å². The summed E-state index contributed by atoms with van der Waals surface area (Å²) in [5.41, 5.74) is 3.39. The molecular formula is C37H58O5. The molecule has 0 bridgehead atoms. The minimum atomic E-state index is -0.943. The average Bonchev–Trinajstić information content (AvgIpc) is 2.92. The van der Waals surface area contributed by atoms with Crippen molar-refractivity contribution in [2.75, 3.05) is 0 Å². The van der Waals surface area contributed by atoms with Crippen molar-refractivity contribution in [3.8, 4) is 11.5 Å². The van der Waals surface area contributed by atoms with Crippen LogP contribution >= 0.6 is 0 Å². The highest BCUT2D eigenvalue weighted by molar-refractivity contribution is 5.90. The first kappa shape index (κ1) is 35.6. The molecule has 0 saturated carbocycles. The third kappa shape index (κ3) is 10.6. The maximum absolute atomic E-state index is 12.9. The van der Waals surface area contributed by atoms with Gasteiger partial charge in [0.2, 0.25) is 0 Å².